The number of unbranched alkanes of at least 4 members (excludes halogenated alkanes) is 1. The van der Waals surface area contributed by atoms with Gasteiger partial charge in [-0.25, -0.2) is 0 Å². The number of benzene rings is 1. The third kappa shape index (κ3) is 3.38. The van der Waals surface area contributed by atoms with Crippen LogP contribution in [-0.4, -0.2) is 6.61 Å². The largest absolute Gasteiger partial charge is 0.490 e. The van der Waals surface area contributed by atoms with E-state index in [0.717, 1.165) is 43.1 Å². The van der Waals surface area contributed by atoms with Crippen LogP contribution in [-0.2, 0) is 0 Å². The lowest BCUT2D eigenvalue weighted by molar-refractivity contribution is 0.292. The summed E-state index contributed by atoms with van der Waals surface area (Å²) < 4.78 is 11.5. The molecule has 0 amide bonds. The number of allylic oxidation sites excluding steroid dienone is 3. The summed E-state index contributed by atoms with van der Waals surface area (Å²) in [5.41, 5.74) is 0. The highest BCUT2D eigenvalue weighted by Gasteiger charge is 2.07. The predicted molar refractivity (Wildman–Crippen MR) is 69.3 cm³/mol. The molecule has 0 N–H and O–H groups in total. The highest BCUT2D eigenvalue weighted by molar-refractivity contribution is 5.41. The van der Waals surface area contributed by atoms with E-state index in [2.05, 4.69) is 19.1 Å². The van der Waals surface area contributed by atoms with Gasteiger partial charge in [-0.1, -0.05) is 31.6 Å². The molecule has 2 rings (SSSR count). The third-order valence-electron chi connectivity index (χ3n) is 2.57. The summed E-state index contributed by atoms with van der Waals surface area (Å²) >= 11 is 0. The van der Waals surface area contributed by atoms with Gasteiger partial charge in [-0.2, -0.15) is 0 Å². The molecule has 0 spiro atoms. The average Bonchev–Trinajstić information content (AvgIpc) is 2.84. The monoisotopic (exact) mass is 230 g/mol. The topological polar surface area (TPSA) is 18.5 Å². The van der Waals surface area contributed by atoms with Crippen molar-refractivity contribution in [3.63, 3.8) is 0 Å². The van der Waals surface area contributed by atoms with Crippen LogP contribution in [0.4, 0.5) is 0 Å². The van der Waals surface area contributed by atoms with Gasteiger partial charge in [-0.05, 0) is 37.1 Å². The Kier molecular flexibility index (Phi) is 4.25. The summed E-state index contributed by atoms with van der Waals surface area (Å²) in [6, 6.07) is 7.81. The first kappa shape index (κ1) is 11.8. The van der Waals surface area contributed by atoms with Crippen molar-refractivity contribution in [3.05, 3.63) is 48.3 Å². The molecule has 1 aliphatic rings. The maximum Gasteiger partial charge on any atom is 0.169 e. The molecule has 17 heavy (non-hydrogen) atoms. The van der Waals surface area contributed by atoms with Gasteiger partial charge in [0.2, 0.25) is 0 Å². The van der Waals surface area contributed by atoms with E-state index in [-0.39, 0.29) is 0 Å². The van der Waals surface area contributed by atoms with Gasteiger partial charge < -0.3 is 9.47 Å². The smallest absolute Gasteiger partial charge is 0.169 e. The summed E-state index contributed by atoms with van der Waals surface area (Å²) in [7, 11) is 0. The molecule has 1 aromatic rings. The molecule has 2 nitrogen and oxygen atoms in total. The minimum absolute atomic E-state index is 0.742. The molecule has 0 aliphatic heterocycles. The molecule has 0 unspecified atom stereocenters. The van der Waals surface area contributed by atoms with Crippen molar-refractivity contribution in [2.45, 2.75) is 26.2 Å². The highest BCUT2D eigenvalue weighted by Crippen LogP contribution is 2.29. The lowest BCUT2D eigenvalue weighted by Gasteiger charge is -2.11. The number of rotatable bonds is 6. The van der Waals surface area contributed by atoms with Gasteiger partial charge in [0, 0.05) is 0 Å². The van der Waals surface area contributed by atoms with Crippen LogP contribution < -0.4 is 9.47 Å². The van der Waals surface area contributed by atoms with Crippen LogP contribution in [0.25, 0.3) is 0 Å². The number of hydrogen-bond acceptors (Lipinski definition) is 2. The van der Waals surface area contributed by atoms with Crippen molar-refractivity contribution < 1.29 is 9.47 Å². The lowest BCUT2D eigenvalue weighted by Crippen LogP contribution is -1.99. The molecular weight excluding hydrogens is 212 g/mol. The summed E-state index contributed by atoms with van der Waals surface area (Å²) in [6.45, 7) is 2.89. The van der Waals surface area contributed by atoms with Crippen molar-refractivity contribution in [2.24, 2.45) is 0 Å². The number of hydrogen-bond donors (Lipinski definition) is 0. The van der Waals surface area contributed by atoms with E-state index in [1.54, 1.807) is 0 Å². The zero-order valence-corrected chi connectivity index (χ0v) is 10.2. The maximum atomic E-state index is 5.79. The predicted octanol–water partition coefficient (Wildman–Crippen LogP) is 4.09. The van der Waals surface area contributed by atoms with Gasteiger partial charge in [-0.3, -0.25) is 0 Å². The van der Waals surface area contributed by atoms with Gasteiger partial charge >= 0.3 is 0 Å². The average molecular weight is 230 g/mol. The number of ether oxygens (including phenoxy) is 2. The molecule has 0 saturated carbocycles. The van der Waals surface area contributed by atoms with Crippen LogP contribution >= 0.6 is 0 Å². The summed E-state index contributed by atoms with van der Waals surface area (Å²) in [5, 5.41) is 0. The van der Waals surface area contributed by atoms with E-state index in [9.17, 15) is 0 Å². The van der Waals surface area contributed by atoms with Crippen molar-refractivity contribution in [2.75, 3.05) is 6.61 Å². The highest BCUT2D eigenvalue weighted by atomic mass is 16.5. The molecule has 0 radical (unpaired) electrons. The first-order valence-corrected chi connectivity index (χ1v) is 6.16. The molecule has 2 heteroatoms. The Morgan fingerprint density at radius 2 is 2.00 bits per heavy atom. The van der Waals surface area contributed by atoms with Crippen molar-refractivity contribution in [3.8, 4) is 11.5 Å². The number of para-hydroxylation sites is 2. The second-order valence-corrected chi connectivity index (χ2v) is 4.00. The molecule has 1 aliphatic carbocycles. The summed E-state index contributed by atoms with van der Waals surface area (Å²) in [5.74, 6) is 2.51. The standard InChI is InChI=1S/C15H18O2/c1-2-3-12-16-14-10-6-7-11-15(14)17-13-8-4-5-9-13/h4,6-11H,2-3,5,12H2,1H3. The van der Waals surface area contributed by atoms with Crippen molar-refractivity contribution in [1.82, 2.24) is 0 Å². The van der Waals surface area contributed by atoms with Gasteiger partial charge in [0.25, 0.3) is 0 Å². The van der Waals surface area contributed by atoms with E-state index >= 15 is 0 Å². The fourth-order valence-electron chi connectivity index (χ4n) is 1.62. The summed E-state index contributed by atoms with van der Waals surface area (Å²) in [4.78, 5) is 0. The fraction of sp³-hybridized carbons (Fsp3) is 0.333. The van der Waals surface area contributed by atoms with Crippen LogP contribution in [0, 0.1) is 0 Å². The van der Waals surface area contributed by atoms with Gasteiger partial charge in [0.05, 0.1) is 6.61 Å². The van der Waals surface area contributed by atoms with Crippen LogP contribution in [0.3, 0.4) is 0 Å². The van der Waals surface area contributed by atoms with Crippen LogP contribution in [0.1, 0.15) is 26.2 Å². The molecule has 0 heterocycles. The van der Waals surface area contributed by atoms with E-state index in [1.807, 2.05) is 30.3 Å². The van der Waals surface area contributed by atoms with Gasteiger partial charge in [0.1, 0.15) is 5.76 Å². The lowest BCUT2D eigenvalue weighted by atomic mass is 10.3. The van der Waals surface area contributed by atoms with Crippen molar-refractivity contribution >= 4 is 0 Å². The Labute approximate surface area is 103 Å². The SMILES string of the molecule is CCCCOc1ccccc1OC1=CCC=C1. The van der Waals surface area contributed by atoms with Crippen LogP contribution in [0.15, 0.2) is 48.3 Å². The minimum atomic E-state index is 0.742. The molecule has 0 saturated heterocycles. The second kappa shape index (κ2) is 6.14. The quantitative estimate of drug-likeness (QED) is 0.685. The zero-order chi connectivity index (χ0) is 11.9. The Morgan fingerprint density at radius 1 is 1.18 bits per heavy atom. The fourth-order valence-corrected chi connectivity index (χ4v) is 1.62. The third-order valence-corrected chi connectivity index (χ3v) is 2.57. The Bertz CT molecular complexity index is 419. The van der Waals surface area contributed by atoms with Crippen LogP contribution in [0.5, 0.6) is 11.5 Å². The van der Waals surface area contributed by atoms with E-state index in [4.69, 9.17) is 9.47 Å². The molecule has 0 fully saturated rings. The first-order chi connectivity index (χ1) is 8.40. The zero-order valence-electron chi connectivity index (χ0n) is 10.2. The van der Waals surface area contributed by atoms with Gasteiger partial charge in [0.15, 0.2) is 11.5 Å². The van der Waals surface area contributed by atoms with Gasteiger partial charge in [-0.15, -0.1) is 0 Å². The summed E-state index contributed by atoms with van der Waals surface area (Å²) in [6.07, 6.45) is 9.28. The first-order valence-electron chi connectivity index (χ1n) is 6.16. The van der Waals surface area contributed by atoms with E-state index < -0.39 is 0 Å². The van der Waals surface area contributed by atoms with Crippen molar-refractivity contribution in [1.29, 1.82) is 0 Å². The molecule has 0 bridgehead atoms. The Morgan fingerprint density at radius 3 is 2.71 bits per heavy atom. The molecule has 1 aromatic carbocycles. The van der Waals surface area contributed by atoms with E-state index in [1.165, 1.54) is 0 Å². The second-order valence-electron chi connectivity index (χ2n) is 4.00. The normalized spacial score (nSPS) is 13.6. The minimum Gasteiger partial charge on any atom is -0.490 e. The molecule has 0 atom stereocenters. The Balaban J connectivity index is 2.02. The maximum absolute atomic E-state index is 5.79. The molecule has 0 aromatic heterocycles. The Hall–Kier alpha value is -1.70. The van der Waals surface area contributed by atoms with Crippen LogP contribution in [0.2, 0.25) is 0 Å². The van der Waals surface area contributed by atoms with E-state index in [0.29, 0.717) is 0 Å². The molecule has 90 valence electrons. The molecular formula is C15H18O2.